The first-order chi connectivity index (χ1) is 14.3. The van der Waals surface area contributed by atoms with Crippen LogP contribution < -0.4 is 5.73 Å². The van der Waals surface area contributed by atoms with Crippen molar-refractivity contribution in [1.82, 2.24) is 14.9 Å². The molecule has 4 aromatic rings. The van der Waals surface area contributed by atoms with Crippen molar-refractivity contribution in [2.45, 2.75) is 4.90 Å². The summed E-state index contributed by atoms with van der Waals surface area (Å²) < 4.78 is 6.60. The normalized spacial score (nSPS) is 15.3. The largest absolute Gasteiger partial charge is 0.398 e. The number of benzene rings is 2. The maximum Gasteiger partial charge on any atom is 0.0818 e. The summed E-state index contributed by atoms with van der Waals surface area (Å²) in [5.74, 6) is 1.05. The van der Waals surface area contributed by atoms with E-state index in [1.165, 1.54) is 9.60 Å². The molecular formula is C22H22N4OS2. The van der Waals surface area contributed by atoms with Crippen LogP contribution in [0.15, 0.2) is 53.0 Å². The van der Waals surface area contributed by atoms with Crippen LogP contribution in [0.25, 0.3) is 32.2 Å². The summed E-state index contributed by atoms with van der Waals surface area (Å²) in [6.45, 7) is 4.83. The van der Waals surface area contributed by atoms with Gasteiger partial charge in [-0.05, 0) is 35.9 Å². The molecule has 0 unspecified atom stereocenters. The number of hydrogen-bond donors (Lipinski definition) is 1. The molecule has 0 saturated carbocycles. The van der Waals surface area contributed by atoms with Crippen molar-refractivity contribution >= 4 is 49.9 Å². The van der Waals surface area contributed by atoms with Gasteiger partial charge in [0.25, 0.3) is 0 Å². The predicted octanol–water partition coefficient (Wildman–Crippen LogP) is 4.52. The van der Waals surface area contributed by atoms with Crippen LogP contribution in [0.1, 0.15) is 0 Å². The SMILES string of the molecule is Nc1c(-c2ccc3scnc3c2)cnc2ccc(SCCN3CCOCC3)cc12. The Bertz CT molecular complexity index is 1150. The number of pyridine rings is 1. The van der Waals surface area contributed by atoms with Crippen molar-refractivity contribution in [3.8, 4) is 11.1 Å². The quantitative estimate of drug-likeness (QED) is 0.477. The summed E-state index contributed by atoms with van der Waals surface area (Å²) in [6, 6.07) is 12.7. The highest BCUT2D eigenvalue weighted by molar-refractivity contribution is 7.99. The summed E-state index contributed by atoms with van der Waals surface area (Å²) in [4.78, 5) is 12.8. The fourth-order valence-corrected chi connectivity index (χ4v) is 5.26. The van der Waals surface area contributed by atoms with Crippen LogP contribution in [0.2, 0.25) is 0 Å². The van der Waals surface area contributed by atoms with Crippen molar-refractivity contribution in [1.29, 1.82) is 0 Å². The minimum atomic E-state index is 0.778. The lowest BCUT2D eigenvalue weighted by molar-refractivity contribution is 0.0410. The van der Waals surface area contributed by atoms with Gasteiger partial charge in [-0.2, -0.15) is 0 Å². The molecule has 2 aromatic carbocycles. The first-order valence-corrected chi connectivity index (χ1v) is 11.6. The van der Waals surface area contributed by atoms with Crippen LogP contribution in [0.4, 0.5) is 5.69 Å². The monoisotopic (exact) mass is 422 g/mol. The Labute approximate surface area is 177 Å². The third-order valence-corrected chi connectivity index (χ3v) is 7.09. The summed E-state index contributed by atoms with van der Waals surface area (Å²) in [6.07, 6.45) is 1.87. The molecule has 0 amide bonds. The van der Waals surface area contributed by atoms with Crippen LogP contribution in [0.5, 0.6) is 0 Å². The second-order valence-electron chi connectivity index (χ2n) is 7.10. The summed E-state index contributed by atoms with van der Waals surface area (Å²) in [5.41, 5.74) is 13.2. The van der Waals surface area contributed by atoms with E-state index in [4.69, 9.17) is 10.5 Å². The average Bonchev–Trinajstić information content (AvgIpc) is 3.23. The number of anilines is 1. The highest BCUT2D eigenvalue weighted by Gasteiger charge is 2.12. The second-order valence-corrected chi connectivity index (χ2v) is 9.16. The van der Waals surface area contributed by atoms with Crippen molar-refractivity contribution < 1.29 is 4.74 Å². The lowest BCUT2D eigenvalue weighted by Crippen LogP contribution is -2.37. The molecule has 1 aliphatic rings. The van der Waals surface area contributed by atoms with E-state index < -0.39 is 0 Å². The number of hydrogen-bond acceptors (Lipinski definition) is 7. The number of nitrogens with zero attached hydrogens (tertiary/aromatic N) is 3. The number of morpholine rings is 1. The van der Waals surface area contributed by atoms with Crippen molar-refractivity contribution in [2.24, 2.45) is 0 Å². The van der Waals surface area contributed by atoms with Gasteiger partial charge in [-0.15, -0.1) is 23.1 Å². The molecule has 0 atom stereocenters. The predicted molar refractivity (Wildman–Crippen MR) is 123 cm³/mol. The summed E-state index contributed by atoms with van der Waals surface area (Å²) >= 11 is 3.51. The third-order valence-electron chi connectivity index (χ3n) is 5.30. The number of thioether (sulfide) groups is 1. The van der Waals surface area contributed by atoms with Gasteiger partial charge in [0.05, 0.1) is 40.1 Å². The van der Waals surface area contributed by atoms with Gasteiger partial charge in [-0.25, -0.2) is 4.98 Å². The molecule has 2 aromatic heterocycles. The molecule has 2 N–H and O–H groups in total. The van der Waals surface area contributed by atoms with E-state index in [0.717, 1.165) is 71.8 Å². The zero-order chi connectivity index (χ0) is 19.6. The van der Waals surface area contributed by atoms with E-state index in [0.29, 0.717) is 0 Å². The van der Waals surface area contributed by atoms with Crippen LogP contribution in [-0.4, -0.2) is 53.5 Å². The van der Waals surface area contributed by atoms with E-state index in [-0.39, 0.29) is 0 Å². The Balaban J connectivity index is 1.39. The Morgan fingerprint density at radius 1 is 1.07 bits per heavy atom. The number of ether oxygens (including phenoxy) is 1. The molecular weight excluding hydrogens is 400 g/mol. The lowest BCUT2D eigenvalue weighted by atomic mass is 10.0. The topological polar surface area (TPSA) is 64.3 Å². The first kappa shape index (κ1) is 18.8. The van der Waals surface area contributed by atoms with E-state index in [2.05, 4.69) is 51.3 Å². The zero-order valence-corrected chi connectivity index (χ0v) is 17.6. The molecule has 0 radical (unpaired) electrons. The number of nitrogens with two attached hydrogens (primary N) is 1. The van der Waals surface area contributed by atoms with Gasteiger partial charge in [-0.1, -0.05) is 6.07 Å². The van der Waals surface area contributed by atoms with Gasteiger partial charge >= 0.3 is 0 Å². The standard InChI is InChI=1S/C22H22N4OS2/c23-22-17-12-16(28-10-7-26-5-8-27-9-6-26)2-3-19(17)24-13-18(22)15-1-4-21-20(11-15)25-14-29-21/h1-4,11-14H,5-10H2,(H2,23,24). The number of aromatic nitrogens is 2. The molecule has 1 fully saturated rings. The van der Waals surface area contributed by atoms with Crippen LogP contribution in [-0.2, 0) is 4.74 Å². The molecule has 29 heavy (non-hydrogen) atoms. The third kappa shape index (κ3) is 3.96. The molecule has 3 heterocycles. The Kier molecular flexibility index (Phi) is 5.37. The second kappa shape index (κ2) is 8.28. The molecule has 5 rings (SSSR count). The van der Waals surface area contributed by atoms with Gasteiger partial charge in [0.15, 0.2) is 0 Å². The molecule has 5 nitrogen and oxygen atoms in total. The first-order valence-electron chi connectivity index (χ1n) is 9.73. The Morgan fingerprint density at radius 3 is 2.86 bits per heavy atom. The van der Waals surface area contributed by atoms with Gasteiger partial charge in [-0.3, -0.25) is 9.88 Å². The number of nitrogen functional groups attached to an aromatic ring is 1. The van der Waals surface area contributed by atoms with Gasteiger partial charge < -0.3 is 10.5 Å². The van der Waals surface area contributed by atoms with Crippen LogP contribution in [0.3, 0.4) is 0 Å². The molecule has 1 saturated heterocycles. The average molecular weight is 423 g/mol. The van der Waals surface area contributed by atoms with E-state index >= 15 is 0 Å². The Morgan fingerprint density at radius 2 is 1.97 bits per heavy atom. The van der Waals surface area contributed by atoms with Crippen molar-refractivity contribution in [2.75, 3.05) is 44.3 Å². The van der Waals surface area contributed by atoms with Gasteiger partial charge in [0, 0.05) is 47.4 Å². The highest BCUT2D eigenvalue weighted by atomic mass is 32.2. The summed E-state index contributed by atoms with van der Waals surface area (Å²) in [7, 11) is 0. The molecule has 1 aliphatic heterocycles. The zero-order valence-electron chi connectivity index (χ0n) is 16.0. The number of fused-ring (bicyclic) bond motifs is 2. The van der Waals surface area contributed by atoms with Crippen LogP contribution in [0, 0.1) is 0 Å². The maximum absolute atomic E-state index is 6.60. The highest BCUT2D eigenvalue weighted by Crippen LogP contribution is 2.35. The van der Waals surface area contributed by atoms with Crippen LogP contribution >= 0.6 is 23.1 Å². The molecule has 7 heteroatoms. The minimum absolute atomic E-state index is 0.778. The van der Waals surface area contributed by atoms with Gasteiger partial charge in [0.1, 0.15) is 0 Å². The minimum Gasteiger partial charge on any atom is -0.398 e. The molecule has 148 valence electrons. The van der Waals surface area contributed by atoms with Crippen molar-refractivity contribution in [3.05, 3.63) is 48.1 Å². The van der Waals surface area contributed by atoms with Crippen molar-refractivity contribution in [3.63, 3.8) is 0 Å². The summed E-state index contributed by atoms with van der Waals surface area (Å²) in [5, 5.41) is 1.01. The fourth-order valence-electron chi connectivity index (χ4n) is 3.65. The fraction of sp³-hybridized carbons (Fsp3) is 0.273. The Hall–Kier alpha value is -2.19. The van der Waals surface area contributed by atoms with E-state index in [1.54, 1.807) is 11.3 Å². The molecule has 0 bridgehead atoms. The smallest absolute Gasteiger partial charge is 0.0818 e. The maximum atomic E-state index is 6.60. The molecule has 0 spiro atoms. The lowest BCUT2D eigenvalue weighted by Gasteiger charge is -2.26. The number of thiazole rings is 1. The van der Waals surface area contributed by atoms with Gasteiger partial charge in [0.2, 0.25) is 0 Å². The number of rotatable bonds is 5. The van der Waals surface area contributed by atoms with E-state index in [1.807, 2.05) is 23.5 Å². The van der Waals surface area contributed by atoms with E-state index in [9.17, 15) is 0 Å². The molecule has 0 aliphatic carbocycles.